The van der Waals surface area contributed by atoms with Crippen LogP contribution in [0.5, 0.6) is 0 Å². The van der Waals surface area contributed by atoms with Crippen LogP contribution in [0.2, 0.25) is 0 Å². The Bertz CT molecular complexity index is 508. The van der Waals surface area contributed by atoms with Crippen molar-refractivity contribution in [2.24, 2.45) is 0 Å². The van der Waals surface area contributed by atoms with E-state index in [0.717, 1.165) is 15.9 Å². The fraction of sp³-hybridized carbons (Fsp3) is 0.143. The number of benzene rings is 2. The molecule has 17 heavy (non-hydrogen) atoms. The lowest BCUT2D eigenvalue weighted by molar-refractivity contribution is 1.35. The molecule has 0 saturated heterocycles. The Morgan fingerprint density at radius 2 is 1.82 bits per heavy atom. The zero-order chi connectivity index (χ0) is 12.3. The van der Waals surface area contributed by atoms with E-state index in [2.05, 4.69) is 53.2 Å². The van der Waals surface area contributed by atoms with Gasteiger partial charge in [0.25, 0.3) is 0 Å². The van der Waals surface area contributed by atoms with Gasteiger partial charge in [-0.3, -0.25) is 0 Å². The van der Waals surface area contributed by atoms with Crippen LogP contribution < -0.4 is 5.73 Å². The van der Waals surface area contributed by atoms with Crippen LogP contribution in [0, 0.1) is 6.92 Å². The van der Waals surface area contributed by atoms with Gasteiger partial charge >= 0.3 is 0 Å². The van der Waals surface area contributed by atoms with E-state index >= 15 is 0 Å². The number of aryl methyl sites for hydroxylation is 1. The molecule has 0 aromatic heterocycles. The average molecular weight is 308 g/mol. The van der Waals surface area contributed by atoms with Crippen molar-refractivity contribution in [1.29, 1.82) is 0 Å². The first kappa shape index (κ1) is 12.5. The van der Waals surface area contributed by atoms with Gasteiger partial charge in [-0.2, -0.15) is 0 Å². The largest absolute Gasteiger partial charge is 0.398 e. The van der Waals surface area contributed by atoms with Crippen LogP contribution in [0.1, 0.15) is 11.1 Å². The average Bonchev–Trinajstić information content (AvgIpc) is 2.30. The molecule has 3 heteroatoms. The Morgan fingerprint density at radius 1 is 1.12 bits per heavy atom. The van der Waals surface area contributed by atoms with Crippen LogP contribution >= 0.6 is 27.7 Å². The topological polar surface area (TPSA) is 26.0 Å². The molecule has 0 spiro atoms. The van der Waals surface area contributed by atoms with Crippen molar-refractivity contribution in [3.05, 3.63) is 58.1 Å². The molecule has 0 aliphatic heterocycles. The molecule has 0 fully saturated rings. The lowest BCUT2D eigenvalue weighted by Gasteiger charge is -2.06. The molecule has 0 amide bonds. The molecule has 2 rings (SSSR count). The van der Waals surface area contributed by atoms with Crippen molar-refractivity contribution in [3.63, 3.8) is 0 Å². The van der Waals surface area contributed by atoms with Gasteiger partial charge in [-0.05, 0) is 36.8 Å². The summed E-state index contributed by atoms with van der Waals surface area (Å²) in [5.74, 6) is 0.905. The molecule has 0 aliphatic carbocycles. The fourth-order valence-electron chi connectivity index (χ4n) is 1.49. The van der Waals surface area contributed by atoms with Gasteiger partial charge in [-0.1, -0.05) is 39.7 Å². The SMILES string of the molecule is Cc1ccc(SCc2ccc(Br)cc2N)cc1. The first-order chi connectivity index (χ1) is 8.15. The summed E-state index contributed by atoms with van der Waals surface area (Å²) in [4.78, 5) is 1.28. The third kappa shape index (κ3) is 3.51. The second-order valence-electron chi connectivity index (χ2n) is 3.94. The van der Waals surface area contributed by atoms with E-state index < -0.39 is 0 Å². The Hall–Kier alpha value is -0.930. The lowest BCUT2D eigenvalue weighted by Crippen LogP contribution is -1.92. The molecule has 0 radical (unpaired) electrons. The number of nitrogens with two attached hydrogens (primary N) is 1. The third-order valence-corrected chi connectivity index (χ3v) is 4.08. The maximum absolute atomic E-state index is 5.97. The van der Waals surface area contributed by atoms with Crippen molar-refractivity contribution in [2.45, 2.75) is 17.6 Å². The van der Waals surface area contributed by atoms with Gasteiger partial charge in [0, 0.05) is 20.8 Å². The number of halogens is 1. The van der Waals surface area contributed by atoms with Crippen LogP contribution in [0.4, 0.5) is 5.69 Å². The maximum atomic E-state index is 5.97. The molecule has 88 valence electrons. The predicted octanol–water partition coefficient (Wildman–Crippen LogP) is 4.63. The van der Waals surface area contributed by atoms with Crippen molar-refractivity contribution >= 4 is 33.4 Å². The van der Waals surface area contributed by atoms with Gasteiger partial charge in [0.05, 0.1) is 0 Å². The van der Waals surface area contributed by atoms with E-state index in [1.54, 1.807) is 11.8 Å². The molecule has 1 nitrogen and oxygen atoms in total. The van der Waals surface area contributed by atoms with Crippen LogP contribution in [0.25, 0.3) is 0 Å². The summed E-state index contributed by atoms with van der Waals surface area (Å²) >= 11 is 5.22. The van der Waals surface area contributed by atoms with E-state index in [0.29, 0.717) is 0 Å². The summed E-state index contributed by atoms with van der Waals surface area (Å²) in [5, 5.41) is 0. The summed E-state index contributed by atoms with van der Waals surface area (Å²) in [6, 6.07) is 14.6. The van der Waals surface area contributed by atoms with Crippen molar-refractivity contribution < 1.29 is 0 Å². The molecule has 0 aliphatic rings. The monoisotopic (exact) mass is 307 g/mol. The second-order valence-corrected chi connectivity index (χ2v) is 5.91. The standard InChI is InChI=1S/C14H14BrNS/c1-10-2-6-13(7-3-10)17-9-11-4-5-12(15)8-14(11)16/h2-8H,9,16H2,1H3. The highest BCUT2D eigenvalue weighted by Gasteiger charge is 2.01. The highest BCUT2D eigenvalue weighted by atomic mass is 79.9. The van der Waals surface area contributed by atoms with Crippen LogP contribution in [-0.2, 0) is 5.75 Å². The number of hydrogen-bond acceptors (Lipinski definition) is 2. The van der Waals surface area contributed by atoms with Crippen molar-refractivity contribution in [1.82, 2.24) is 0 Å². The molecular weight excluding hydrogens is 294 g/mol. The summed E-state index contributed by atoms with van der Waals surface area (Å²) in [6.45, 7) is 2.10. The fourth-order valence-corrected chi connectivity index (χ4v) is 2.79. The van der Waals surface area contributed by atoms with E-state index in [1.807, 2.05) is 12.1 Å². The highest BCUT2D eigenvalue weighted by Crippen LogP contribution is 2.27. The molecule has 2 N–H and O–H groups in total. The minimum Gasteiger partial charge on any atom is -0.398 e. The van der Waals surface area contributed by atoms with Gasteiger partial charge in [-0.25, -0.2) is 0 Å². The van der Waals surface area contributed by atoms with Gasteiger partial charge in [0.1, 0.15) is 0 Å². The molecule has 0 unspecified atom stereocenters. The molecule has 0 atom stereocenters. The minimum atomic E-state index is 0.846. The minimum absolute atomic E-state index is 0.846. The Kier molecular flexibility index (Phi) is 4.13. The number of anilines is 1. The summed E-state index contributed by atoms with van der Waals surface area (Å²) in [7, 11) is 0. The molecule has 0 heterocycles. The number of rotatable bonds is 3. The predicted molar refractivity (Wildman–Crippen MR) is 79.3 cm³/mol. The Morgan fingerprint density at radius 3 is 2.47 bits per heavy atom. The van der Waals surface area contributed by atoms with Gasteiger partial charge in [0.2, 0.25) is 0 Å². The molecule has 0 saturated carbocycles. The summed E-state index contributed by atoms with van der Waals surface area (Å²) in [6.07, 6.45) is 0. The first-order valence-corrected chi connectivity index (χ1v) is 7.16. The van der Waals surface area contributed by atoms with Crippen molar-refractivity contribution in [2.75, 3.05) is 5.73 Å². The van der Waals surface area contributed by atoms with Gasteiger partial charge < -0.3 is 5.73 Å². The quantitative estimate of drug-likeness (QED) is 0.661. The third-order valence-electron chi connectivity index (χ3n) is 2.52. The number of thioether (sulfide) groups is 1. The molecule has 2 aromatic rings. The first-order valence-electron chi connectivity index (χ1n) is 5.38. The highest BCUT2D eigenvalue weighted by molar-refractivity contribution is 9.10. The zero-order valence-electron chi connectivity index (χ0n) is 9.61. The second kappa shape index (κ2) is 5.61. The van der Waals surface area contributed by atoms with Crippen molar-refractivity contribution in [3.8, 4) is 0 Å². The lowest BCUT2D eigenvalue weighted by atomic mass is 10.2. The van der Waals surface area contributed by atoms with Crippen LogP contribution in [-0.4, -0.2) is 0 Å². The van der Waals surface area contributed by atoms with E-state index in [4.69, 9.17) is 5.73 Å². The van der Waals surface area contributed by atoms with Gasteiger partial charge in [-0.15, -0.1) is 11.8 Å². The summed E-state index contributed by atoms with van der Waals surface area (Å²) in [5.41, 5.74) is 9.28. The summed E-state index contributed by atoms with van der Waals surface area (Å²) < 4.78 is 1.03. The molecule has 2 aromatic carbocycles. The van der Waals surface area contributed by atoms with E-state index in [1.165, 1.54) is 16.0 Å². The molecular formula is C14H14BrNS. The Labute approximate surface area is 115 Å². The zero-order valence-corrected chi connectivity index (χ0v) is 12.0. The smallest absolute Gasteiger partial charge is 0.0366 e. The molecule has 0 bridgehead atoms. The number of nitrogen functional groups attached to an aromatic ring is 1. The van der Waals surface area contributed by atoms with E-state index in [-0.39, 0.29) is 0 Å². The number of hydrogen-bond donors (Lipinski definition) is 1. The maximum Gasteiger partial charge on any atom is 0.0366 e. The van der Waals surface area contributed by atoms with Crippen LogP contribution in [0.3, 0.4) is 0 Å². The Balaban J connectivity index is 2.04. The van der Waals surface area contributed by atoms with E-state index in [9.17, 15) is 0 Å². The van der Waals surface area contributed by atoms with Gasteiger partial charge in [0.15, 0.2) is 0 Å². The van der Waals surface area contributed by atoms with Crippen LogP contribution in [0.15, 0.2) is 51.8 Å². The normalized spacial score (nSPS) is 10.5.